The third-order valence-corrected chi connectivity index (χ3v) is 0.289. The van der Waals surface area contributed by atoms with Gasteiger partial charge in [-0.25, -0.2) is 0 Å². The Hall–Kier alpha value is -0.820. The molecule has 0 amide bonds. The molecule has 0 aliphatic heterocycles. The zero-order valence-electron chi connectivity index (χ0n) is 7.23. The SMILES string of the molecule is C=C.C=C.C=C.CCCN. The summed E-state index contributed by atoms with van der Waals surface area (Å²) in [5.74, 6) is 0. The van der Waals surface area contributed by atoms with E-state index in [0.717, 1.165) is 13.0 Å². The minimum Gasteiger partial charge on any atom is -0.330 e. The van der Waals surface area contributed by atoms with Crippen LogP contribution in [0.25, 0.3) is 0 Å². The molecule has 1 heteroatoms. The summed E-state index contributed by atoms with van der Waals surface area (Å²) in [4.78, 5) is 0. The van der Waals surface area contributed by atoms with Gasteiger partial charge in [-0.05, 0) is 13.0 Å². The average Bonchev–Trinajstić information content (AvgIpc) is 2.14. The van der Waals surface area contributed by atoms with Gasteiger partial charge in [0.2, 0.25) is 0 Å². The van der Waals surface area contributed by atoms with Gasteiger partial charge in [0.05, 0.1) is 0 Å². The highest BCUT2D eigenvalue weighted by Gasteiger charge is 1.55. The zero-order valence-corrected chi connectivity index (χ0v) is 7.23. The van der Waals surface area contributed by atoms with E-state index in [-0.39, 0.29) is 0 Å². The number of hydrogen-bond donors (Lipinski definition) is 1. The van der Waals surface area contributed by atoms with Crippen LogP contribution in [0.2, 0.25) is 0 Å². The second-order valence-corrected chi connectivity index (χ2v) is 0.789. The van der Waals surface area contributed by atoms with E-state index in [4.69, 9.17) is 5.73 Å². The van der Waals surface area contributed by atoms with Gasteiger partial charge in [0.25, 0.3) is 0 Å². The van der Waals surface area contributed by atoms with Gasteiger partial charge in [0.1, 0.15) is 0 Å². The van der Waals surface area contributed by atoms with E-state index < -0.39 is 0 Å². The highest BCUT2D eigenvalue weighted by Crippen LogP contribution is 1.57. The predicted octanol–water partition coefficient (Wildman–Crippen LogP) is 2.76. The molecule has 2 N–H and O–H groups in total. The van der Waals surface area contributed by atoms with Gasteiger partial charge in [0, 0.05) is 0 Å². The van der Waals surface area contributed by atoms with Crippen LogP contribution in [-0.2, 0) is 0 Å². The number of rotatable bonds is 1. The largest absolute Gasteiger partial charge is 0.330 e. The molecule has 0 aromatic rings. The fourth-order valence-electron chi connectivity index (χ4n) is 0. The van der Waals surface area contributed by atoms with Crippen molar-refractivity contribution >= 4 is 0 Å². The maximum Gasteiger partial charge on any atom is -0.00799 e. The molecule has 0 atom stereocenters. The van der Waals surface area contributed by atoms with E-state index in [0.29, 0.717) is 0 Å². The standard InChI is InChI=1S/C3H9N.3C2H4/c1-2-3-4;3*1-2/h2-4H2,1H3;3*1-2H2. The highest BCUT2D eigenvalue weighted by molar-refractivity contribution is 4.22. The van der Waals surface area contributed by atoms with Crippen molar-refractivity contribution in [1.82, 2.24) is 0 Å². The minimum atomic E-state index is 0.819. The first-order valence-electron chi connectivity index (χ1n) is 3.12. The normalized spacial score (nSPS) is 4.20. The van der Waals surface area contributed by atoms with Crippen molar-refractivity contribution in [3.63, 3.8) is 0 Å². The van der Waals surface area contributed by atoms with Gasteiger partial charge < -0.3 is 5.73 Å². The molecule has 0 radical (unpaired) electrons. The molecule has 0 aliphatic carbocycles. The van der Waals surface area contributed by atoms with Gasteiger partial charge in [-0.2, -0.15) is 0 Å². The molecule has 0 aromatic carbocycles. The van der Waals surface area contributed by atoms with Crippen LogP contribution in [0.4, 0.5) is 0 Å². The molecule has 0 spiro atoms. The Bertz CT molecular complexity index is 21.2. The van der Waals surface area contributed by atoms with Crippen molar-refractivity contribution in [2.45, 2.75) is 13.3 Å². The lowest BCUT2D eigenvalue weighted by Crippen LogP contribution is -1.93. The Balaban J connectivity index is -0.0000000262. The van der Waals surface area contributed by atoms with Crippen molar-refractivity contribution in [2.75, 3.05) is 6.54 Å². The van der Waals surface area contributed by atoms with Gasteiger partial charge >= 0.3 is 0 Å². The molecule has 62 valence electrons. The maximum atomic E-state index is 5.03. The van der Waals surface area contributed by atoms with Gasteiger partial charge in [-0.3, -0.25) is 0 Å². The van der Waals surface area contributed by atoms with Gasteiger partial charge in [-0.15, -0.1) is 39.5 Å². The lowest BCUT2D eigenvalue weighted by Gasteiger charge is -1.70. The molecule has 10 heavy (non-hydrogen) atoms. The summed E-state index contributed by atoms with van der Waals surface area (Å²) in [6.07, 6.45) is 1.10. The Kier molecular flexibility index (Phi) is 693. The summed E-state index contributed by atoms with van der Waals surface area (Å²) < 4.78 is 0. The molecule has 0 heterocycles. The molecular formula is C9H21N. The molecule has 1 nitrogen and oxygen atoms in total. The van der Waals surface area contributed by atoms with Crippen LogP contribution in [0.3, 0.4) is 0 Å². The number of nitrogens with two attached hydrogens (primary N) is 1. The Labute approximate surface area is 65.9 Å². The Morgan fingerprint density at radius 1 is 0.900 bits per heavy atom. The van der Waals surface area contributed by atoms with E-state index in [1.807, 2.05) is 0 Å². The van der Waals surface area contributed by atoms with Crippen LogP contribution < -0.4 is 5.73 Å². The fraction of sp³-hybridized carbons (Fsp3) is 0.333. The molecule has 0 bridgehead atoms. The van der Waals surface area contributed by atoms with Crippen LogP contribution >= 0.6 is 0 Å². The molecular weight excluding hydrogens is 122 g/mol. The van der Waals surface area contributed by atoms with E-state index >= 15 is 0 Å². The minimum absolute atomic E-state index is 0.819. The Morgan fingerprint density at radius 2 is 1.00 bits per heavy atom. The third kappa shape index (κ3) is 8460. The van der Waals surface area contributed by atoms with Crippen LogP contribution in [0.15, 0.2) is 39.5 Å². The topological polar surface area (TPSA) is 26.0 Å². The van der Waals surface area contributed by atoms with Gasteiger partial charge in [0.15, 0.2) is 0 Å². The Morgan fingerprint density at radius 3 is 1.00 bits per heavy atom. The molecule has 0 aliphatic rings. The average molecular weight is 143 g/mol. The molecule has 0 saturated carbocycles. The molecule has 0 aromatic heterocycles. The second-order valence-electron chi connectivity index (χ2n) is 0.789. The monoisotopic (exact) mass is 143 g/mol. The van der Waals surface area contributed by atoms with Crippen molar-refractivity contribution in [1.29, 1.82) is 0 Å². The van der Waals surface area contributed by atoms with E-state index in [1.165, 1.54) is 0 Å². The van der Waals surface area contributed by atoms with Crippen LogP contribution in [-0.4, -0.2) is 6.54 Å². The smallest absolute Gasteiger partial charge is 0.00799 e. The second kappa shape index (κ2) is 303. The van der Waals surface area contributed by atoms with E-state index in [2.05, 4.69) is 46.4 Å². The molecule has 0 unspecified atom stereocenters. The summed E-state index contributed by atoms with van der Waals surface area (Å²) >= 11 is 0. The molecule has 0 fully saturated rings. The lowest BCUT2D eigenvalue weighted by molar-refractivity contribution is 0.932. The first-order chi connectivity index (χ1) is 4.91. The van der Waals surface area contributed by atoms with E-state index in [1.54, 1.807) is 0 Å². The van der Waals surface area contributed by atoms with Crippen LogP contribution in [0, 0.1) is 0 Å². The van der Waals surface area contributed by atoms with Gasteiger partial charge in [-0.1, -0.05) is 6.92 Å². The molecule has 0 rings (SSSR count). The first-order valence-corrected chi connectivity index (χ1v) is 3.12. The number of hydrogen-bond acceptors (Lipinski definition) is 1. The third-order valence-electron chi connectivity index (χ3n) is 0.289. The summed E-state index contributed by atoms with van der Waals surface area (Å²) in [6, 6.07) is 0. The summed E-state index contributed by atoms with van der Waals surface area (Å²) in [7, 11) is 0. The lowest BCUT2D eigenvalue weighted by atomic mass is 10.5. The van der Waals surface area contributed by atoms with Crippen LogP contribution in [0.1, 0.15) is 13.3 Å². The van der Waals surface area contributed by atoms with Crippen molar-refractivity contribution in [3.05, 3.63) is 39.5 Å². The van der Waals surface area contributed by atoms with Crippen molar-refractivity contribution in [3.8, 4) is 0 Å². The predicted molar refractivity (Wildman–Crippen MR) is 53.1 cm³/mol. The quantitative estimate of drug-likeness (QED) is 0.561. The summed E-state index contributed by atoms with van der Waals surface area (Å²) in [5, 5.41) is 0. The van der Waals surface area contributed by atoms with E-state index in [9.17, 15) is 0 Å². The van der Waals surface area contributed by atoms with Crippen molar-refractivity contribution < 1.29 is 0 Å². The van der Waals surface area contributed by atoms with Crippen LogP contribution in [0.5, 0.6) is 0 Å². The highest BCUT2D eigenvalue weighted by atomic mass is 14.5. The summed E-state index contributed by atoms with van der Waals surface area (Å²) in [6.45, 7) is 20.9. The fourth-order valence-corrected chi connectivity index (χ4v) is 0. The maximum absolute atomic E-state index is 5.03. The first kappa shape index (κ1) is 22.9. The molecule has 0 saturated heterocycles. The summed E-state index contributed by atoms with van der Waals surface area (Å²) in [5.41, 5.74) is 5.03. The zero-order chi connectivity index (χ0) is 9.41. The van der Waals surface area contributed by atoms with Crippen molar-refractivity contribution in [2.24, 2.45) is 5.73 Å².